The quantitative estimate of drug-likeness (QED) is 0.245. The van der Waals surface area contributed by atoms with Crippen LogP contribution in [0.5, 0.6) is 5.75 Å². The highest BCUT2D eigenvalue weighted by atomic mass is 127. The Hall–Kier alpha value is -1.53. The van der Waals surface area contributed by atoms with Crippen molar-refractivity contribution in [3.63, 3.8) is 0 Å². The molecule has 1 heterocycles. The summed E-state index contributed by atoms with van der Waals surface area (Å²) in [5, 5.41) is 6.06. The number of benzene rings is 1. The predicted octanol–water partition coefficient (Wildman–Crippen LogP) is 3.83. The van der Waals surface area contributed by atoms with E-state index in [0.717, 1.165) is 22.8 Å². The number of hydrogen-bond acceptors (Lipinski definition) is 5. The zero-order valence-electron chi connectivity index (χ0n) is 16.2. The fraction of sp³-hybridized carbons (Fsp3) is 0.444. The first-order chi connectivity index (χ1) is 12.9. The maximum Gasteiger partial charge on any atom is 0.193 e. The van der Waals surface area contributed by atoms with E-state index in [0.29, 0.717) is 19.0 Å². The van der Waals surface area contributed by atoms with E-state index in [1.807, 2.05) is 24.3 Å². The first-order valence-corrected chi connectivity index (χ1v) is 9.29. The number of ether oxygens (including phenoxy) is 2. The topological polar surface area (TPSA) is 59.0 Å². The second-order valence-electron chi connectivity index (χ2n) is 5.81. The van der Waals surface area contributed by atoms with Crippen molar-refractivity contribution in [2.24, 2.45) is 4.99 Å². The lowest BCUT2D eigenvalue weighted by Crippen LogP contribution is -2.40. The van der Waals surface area contributed by atoms with Crippen LogP contribution in [0.15, 0.2) is 28.6 Å². The first kappa shape index (κ1) is 24.5. The molecule has 1 aromatic heterocycles. The summed E-state index contributed by atoms with van der Waals surface area (Å²) in [6.45, 7) is 3.16. The molecule has 0 aliphatic rings. The Morgan fingerprint density at radius 2 is 2.14 bits per heavy atom. The maximum absolute atomic E-state index is 13.5. The van der Waals surface area contributed by atoms with Gasteiger partial charge in [-0.25, -0.2) is 13.8 Å². The van der Waals surface area contributed by atoms with Gasteiger partial charge in [0.05, 0.1) is 18.8 Å². The minimum atomic E-state index is -0.721. The van der Waals surface area contributed by atoms with Gasteiger partial charge in [-0.2, -0.15) is 0 Å². The third kappa shape index (κ3) is 7.13. The number of nitrogens with one attached hydrogen (secondary N) is 1. The molecular weight excluding hydrogens is 501 g/mol. The molecule has 28 heavy (non-hydrogen) atoms. The van der Waals surface area contributed by atoms with Gasteiger partial charge < -0.3 is 19.7 Å². The highest BCUT2D eigenvalue weighted by molar-refractivity contribution is 14.0. The molecule has 6 nitrogen and oxygen atoms in total. The van der Waals surface area contributed by atoms with Crippen molar-refractivity contribution in [3.05, 3.63) is 45.9 Å². The molecule has 1 unspecified atom stereocenters. The summed E-state index contributed by atoms with van der Waals surface area (Å²) in [6.07, 6.45) is -0.0319. The fourth-order valence-corrected chi connectivity index (χ4v) is 3.14. The van der Waals surface area contributed by atoms with Gasteiger partial charge in [0, 0.05) is 32.7 Å². The van der Waals surface area contributed by atoms with Crippen LogP contribution >= 0.6 is 35.3 Å². The molecule has 1 N–H and O–H groups in total. The second-order valence-corrected chi connectivity index (χ2v) is 6.70. The van der Waals surface area contributed by atoms with Gasteiger partial charge >= 0.3 is 0 Å². The molecule has 156 valence electrons. The molecule has 0 saturated heterocycles. The molecule has 10 heteroatoms. The third-order valence-electron chi connectivity index (χ3n) is 3.78. The Morgan fingerprint density at radius 3 is 2.79 bits per heavy atom. The summed E-state index contributed by atoms with van der Waals surface area (Å²) in [5.74, 6) is -0.678. The number of aliphatic imine (C=N–C) groups is 1. The molecule has 0 fully saturated rings. The van der Waals surface area contributed by atoms with Crippen LogP contribution in [-0.2, 0) is 11.3 Å². The van der Waals surface area contributed by atoms with E-state index in [9.17, 15) is 8.78 Å². The molecule has 0 bridgehead atoms. The number of methoxy groups -OCH3 is 1. The summed E-state index contributed by atoms with van der Waals surface area (Å²) >= 11 is 1.56. The molecule has 0 radical (unpaired) electrons. The summed E-state index contributed by atoms with van der Waals surface area (Å²) < 4.78 is 37.0. The average Bonchev–Trinajstić information content (AvgIpc) is 3.11. The van der Waals surface area contributed by atoms with Crippen LogP contribution in [-0.4, -0.2) is 50.2 Å². The van der Waals surface area contributed by atoms with Crippen LogP contribution in [0.1, 0.15) is 23.7 Å². The van der Waals surface area contributed by atoms with E-state index >= 15 is 0 Å². The molecule has 0 aliphatic carbocycles. The van der Waals surface area contributed by atoms with Gasteiger partial charge in [-0.1, -0.05) is 0 Å². The number of thiazole rings is 1. The van der Waals surface area contributed by atoms with Crippen LogP contribution in [0.4, 0.5) is 8.78 Å². The molecule has 2 rings (SSSR count). The number of rotatable bonds is 8. The Balaban J connectivity index is 0.00000392. The predicted molar refractivity (Wildman–Crippen MR) is 118 cm³/mol. The van der Waals surface area contributed by atoms with Crippen LogP contribution in [0, 0.1) is 11.6 Å². The SMILES string of the molecule is CN=C(NCCOc1ccc(F)cc1F)N(C)Cc1csc(C(C)OC)n1.I. The van der Waals surface area contributed by atoms with Crippen molar-refractivity contribution >= 4 is 41.3 Å². The lowest BCUT2D eigenvalue weighted by molar-refractivity contribution is 0.119. The van der Waals surface area contributed by atoms with Crippen molar-refractivity contribution in [1.82, 2.24) is 15.2 Å². The smallest absolute Gasteiger partial charge is 0.193 e. The van der Waals surface area contributed by atoms with Gasteiger partial charge in [-0.05, 0) is 19.1 Å². The molecule has 0 aliphatic heterocycles. The van der Waals surface area contributed by atoms with Crippen LogP contribution in [0.2, 0.25) is 0 Å². The summed E-state index contributed by atoms with van der Waals surface area (Å²) in [4.78, 5) is 10.7. The highest BCUT2D eigenvalue weighted by Crippen LogP contribution is 2.21. The molecule has 2 aromatic rings. The Bertz CT molecular complexity index is 776. The zero-order valence-corrected chi connectivity index (χ0v) is 19.4. The zero-order chi connectivity index (χ0) is 19.8. The maximum atomic E-state index is 13.5. The fourth-order valence-electron chi connectivity index (χ4n) is 2.30. The summed E-state index contributed by atoms with van der Waals surface area (Å²) in [5.41, 5.74) is 0.925. The Labute approximate surface area is 185 Å². The van der Waals surface area contributed by atoms with Gasteiger partial charge in [-0.3, -0.25) is 4.99 Å². The van der Waals surface area contributed by atoms with Crippen molar-refractivity contribution in [2.75, 3.05) is 34.4 Å². The Morgan fingerprint density at radius 1 is 1.39 bits per heavy atom. The molecule has 0 saturated carbocycles. The van der Waals surface area contributed by atoms with Crippen LogP contribution in [0.3, 0.4) is 0 Å². The number of aromatic nitrogens is 1. The van der Waals surface area contributed by atoms with Crippen molar-refractivity contribution in [2.45, 2.75) is 19.6 Å². The third-order valence-corrected chi connectivity index (χ3v) is 4.83. The standard InChI is InChI=1S/C18H24F2N4O2S.HI/c1-12(25-4)17-23-14(11-27-17)10-24(3)18(21-2)22-7-8-26-16-6-5-13(19)9-15(16)20;/h5-6,9,11-12H,7-8,10H2,1-4H3,(H,21,22);1H. The van der Waals surface area contributed by atoms with Crippen molar-refractivity contribution < 1.29 is 18.3 Å². The van der Waals surface area contributed by atoms with Crippen molar-refractivity contribution in [1.29, 1.82) is 0 Å². The molecular formula is C18H25F2IN4O2S. The molecule has 1 atom stereocenters. The van der Waals surface area contributed by atoms with E-state index in [-0.39, 0.29) is 42.4 Å². The highest BCUT2D eigenvalue weighted by Gasteiger charge is 2.12. The Kier molecular flexibility index (Phi) is 10.6. The van der Waals surface area contributed by atoms with E-state index < -0.39 is 11.6 Å². The van der Waals surface area contributed by atoms with Gasteiger partial charge in [-0.15, -0.1) is 35.3 Å². The number of guanidine groups is 1. The largest absolute Gasteiger partial charge is 0.489 e. The van der Waals surface area contributed by atoms with E-state index in [4.69, 9.17) is 9.47 Å². The van der Waals surface area contributed by atoms with E-state index in [1.54, 1.807) is 25.5 Å². The second kappa shape index (κ2) is 12.1. The van der Waals surface area contributed by atoms with E-state index in [2.05, 4.69) is 15.3 Å². The molecule has 0 spiro atoms. The first-order valence-electron chi connectivity index (χ1n) is 8.41. The lowest BCUT2D eigenvalue weighted by atomic mass is 10.3. The lowest BCUT2D eigenvalue weighted by Gasteiger charge is -2.21. The monoisotopic (exact) mass is 526 g/mol. The van der Waals surface area contributed by atoms with Gasteiger partial charge in [0.25, 0.3) is 0 Å². The van der Waals surface area contributed by atoms with Gasteiger partial charge in [0.1, 0.15) is 23.5 Å². The minimum absolute atomic E-state index is 0. The van der Waals surface area contributed by atoms with Gasteiger partial charge in [0.2, 0.25) is 0 Å². The average molecular weight is 526 g/mol. The minimum Gasteiger partial charge on any atom is -0.489 e. The number of nitrogens with zero attached hydrogens (tertiary/aromatic N) is 3. The van der Waals surface area contributed by atoms with Crippen LogP contribution in [0.25, 0.3) is 0 Å². The van der Waals surface area contributed by atoms with Crippen molar-refractivity contribution in [3.8, 4) is 5.75 Å². The van der Waals surface area contributed by atoms with Crippen LogP contribution < -0.4 is 10.1 Å². The normalized spacial score (nSPS) is 12.3. The van der Waals surface area contributed by atoms with Gasteiger partial charge in [0.15, 0.2) is 17.5 Å². The summed E-state index contributed by atoms with van der Waals surface area (Å²) in [7, 11) is 5.23. The molecule has 1 aromatic carbocycles. The number of halogens is 3. The van der Waals surface area contributed by atoms with E-state index in [1.165, 1.54) is 6.07 Å². The molecule has 0 amide bonds. The number of hydrogen-bond donors (Lipinski definition) is 1. The summed E-state index contributed by atoms with van der Waals surface area (Å²) in [6, 6.07) is 3.22.